The number of carbonyl (C=O) groups excluding carboxylic acids is 1. The number of nitrogens with one attached hydrogen (secondary N) is 1. The normalized spacial score (nSPS) is 16.7. The van der Waals surface area contributed by atoms with Gasteiger partial charge in [0.05, 0.1) is 12.4 Å². The van der Waals surface area contributed by atoms with Crippen molar-refractivity contribution in [1.82, 2.24) is 9.62 Å². The third kappa shape index (κ3) is 6.76. The van der Waals surface area contributed by atoms with Gasteiger partial charge in [0.1, 0.15) is 0 Å². The first-order valence-electron chi connectivity index (χ1n) is 8.81. The van der Waals surface area contributed by atoms with Crippen molar-refractivity contribution < 1.29 is 17.9 Å². The maximum Gasteiger partial charge on any atom is 0.220 e. The summed E-state index contributed by atoms with van der Waals surface area (Å²) in [6.45, 7) is 1.13. The minimum atomic E-state index is -3.25. The Bertz CT molecular complexity index is 626. The van der Waals surface area contributed by atoms with Gasteiger partial charge in [-0.3, -0.25) is 4.79 Å². The van der Waals surface area contributed by atoms with Crippen LogP contribution in [-0.2, 0) is 26.0 Å². The van der Waals surface area contributed by atoms with Crippen LogP contribution in [0.25, 0.3) is 0 Å². The number of amides is 1. The quantitative estimate of drug-likeness (QED) is 0.718. The Morgan fingerprint density at radius 3 is 2.56 bits per heavy atom. The number of ether oxygens (including phenoxy) is 1. The van der Waals surface area contributed by atoms with Gasteiger partial charge in [0, 0.05) is 32.7 Å². The first-order chi connectivity index (χ1) is 12.0. The number of hydrogen-bond donors (Lipinski definition) is 1. The van der Waals surface area contributed by atoms with Crippen LogP contribution in [0.15, 0.2) is 30.3 Å². The van der Waals surface area contributed by atoms with Gasteiger partial charge < -0.3 is 10.1 Å². The summed E-state index contributed by atoms with van der Waals surface area (Å²) >= 11 is 0. The molecule has 1 N–H and O–H groups in total. The molecule has 140 valence electrons. The summed E-state index contributed by atoms with van der Waals surface area (Å²) in [5, 5.41) is 3.04. The third-order valence-electron chi connectivity index (χ3n) is 4.47. The predicted octanol–water partition coefficient (Wildman–Crippen LogP) is 1.57. The number of nitrogens with zero attached hydrogens (tertiary/aromatic N) is 1. The minimum absolute atomic E-state index is 0.0139. The molecule has 1 saturated heterocycles. The highest BCUT2D eigenvalue weighted by molar-refractivity contribution is 7.89. The van der Waals surface area contributed by atoms with Crippen LogP contribution >= 0.6 is 0 Å². The molecule has 1 heterocycles. The van der Waals surface area contributed by atoms with Crippen LogP contribution in [-0.4, -0.2) is 57.2 Å². The summed E-state index contributed by atoms with van der Waals surface area (Å²) in [6, 6.07) is 10.2. The highest BCUT2D eigenvalue weighted by Gasteiger charge is 2.28. The summed E-state index contributed by atoms with van der Waals surface area (Å²) in [6.07, 6.45) is 3.54. The molecule has 0 bridgehead atoms. The van der Waals surface area contributed by atoms with Gasteiger partial charge in [-0.15, -0.1) is 0 Å². The molecule has 1 aromatic carbocycles. The van der Waals surface area contributed by atoms with E-state index in [0.717, 1.165) is 12.8 Å². The van der Waals surface area contributed by atoms with Crippen molar-refractivity contribution in [3.8, 4) is 0 Å². The maximum absolute atomic E-state index is 12.1. The average Bonchev–Trinajstić information content (AvgIpc) is 2.61. The number of sulfonamides is 1. The monoisotopic (exact) mass is 368 g/mol. The minimum Gasteiger partial charge on any atom is -0.384 e. The molecule has 0 atom stereocenters. The van der Waals surface area contributed by atoms with Crippen LogP contribution in [0.3, 0.4) is 0 Å². The first kappa shape index (κ1) is 19.9. The molecular formula is C18H28N2O4S. The Morgan fingerprint density at radius 1 is 1.24 bits per heavy atom. The summed E-state index contributed by atoms with van der Waals surface area (Å²) in [5.74, 6) is 0.0663. The zero-order valence-electron chi connectivity index (χ0n) is 14.8. The number of rotatable bonds is 9. The van der Waals surface area contributed by atoms with Crippen LogP contribution in [0, 0.1) is 0 Å². The maximum atomic E-state index is 12.1. The van der Waals surface area contributed by atoms with Crippen molar-refractivity contribution in [2.45, 2.75) is 38.1 Å². The van der Waals surface area contributed by atoms with Crippen molar-refractivity contribution in [2.75, 3.05) is 32.6 Å². The van der Waals surface area contributed by atoms with Crippen molar-refractivity contribution in [3.05, 3.63) is 35.9 Å². The zero-order valence-corrected chi connectivity index (χ0v) is 15.6. The highest BCUT2D eigenvalue weighted by atomic mass is 32.2. The topological polar surface area (TPSA) is 75.7 Å². The van der Waals surface area contributed by atoms with E-state index in [1.54, 1.807) is 0 Å². The summed E-state index contributed by atoms with van der Waals surface area (Å²) in [5.41, 5.74) is 1.24. The van der Waals surface area contributed by atoms with Crippen molar-refractivity contribution in [2.24, 2.45) is 0 Å². The van der Waals surface area contributed by atoms with E-state index >= 15 is 0 Å². The molecule has 1 aliphatic heterocycles. The Morgan fingerprint density at radius 2 is 1.92 bits per heavy atom. The molecule has 0 aromatic heterocycles. The van der Waals surface area contributed by atoms with Crippen molar-refractivity contribution in [1.29, 1.82) is 0 Å². The van der Waals surface area contributed by atoms with E-state index in [9.17, 15) is 13.2 Å². The molecule has 2 rings (SSSR count). The summed E-state index contributed by atoms with van der Waals surface area (Å²) in [7, 11) is -1.75. The van der Waals surface area contributed by atoms with Crippen LogP contribution in [0.5, 0.6) is 0 Å². The van der Waals surface area contributed by atoms with E-state index in [1.165, 1.54) is 17.0 Å². The molecule has 0 saturated carbocycles. The Labute approximate surface area is 150 Å². The molecule has 0 radical (unpaired) electrons. The van der Waals surface area contributed by atoms with E-state index in [4.69, 9.17) is 4.74 Å². The molecule has 1 fully saturated rings. The first-order valence-corrected chi connectivity index (χ1v) is 10.4. The fourth-order valence-corrected chi connectivity index (χ4v) is 4.40. The lowest BCUT2D eigenvalue weighted by molar-refractivity contribution is -0.122. The molecule has 6 nitrogen and oxygen atoms in total. The number of benzene rings is 1. The van der Waals surface area contributed by atoms with Gasteiger partial charge >= 0.3 is 0 Å². The molecule has 1 aromatic rings. The molecule has 0 spiro atoms. The average molecular weight is 368 g/mol. The third-order valence-corrected chi connectivity index (χ3v) is 6.30. The second-order valence-corrected chi connectivity index (χ2v) is 8.48. The van der Waals surface area contributed by atoms with E-state index in [-0.39, 0.29) is 24.3 Å². The fourth-order valence-electron chi connectivity index (χ4n) is 2.99. The van der Waals surface area contributed by atoms with Gasteiger partial charge in [0.15, 0.2) is 0 Å². The molecule has 7 heteroatoms. The lowest BCUT2D eigenvalue weighted by atomic mass is 10.1. The van der Waals surface area contributed by atoms with E-state index < -0.39 is 10.0 Å². The van der Waals surface area contributed by atoms with E-state index in [0.29, 0.717) is 32.4 Å². The molecular weight excluding hydrogens is 340 g/mol. The van der Waals surface area contributed by atoms with Gasteiger partial charge in [-0.25, -0.2) is 12.7 Å². The van der Waals surface area contributed by atoms with Crippen molar-refractivity contribution in [3.63, 3.8) is 0 Å². The Kier molecular flexibility index (Phi) is 7.87. The zero-order chi connectivity index (χ0) is 18.1. The lowest BCUT2D eigenvalue weighted by Gasteiger charge is -2.31. The molecule has 25 heavy (non-hydrogen) atoms. The predicted molar refractivity (Wildman–Crippen MR) is 97.8 cm³/mol. The van der Waals surface area contributed by atoms with Crippen LogP contribution < -0.4 is 5.32 Å². The smallest absolute Gasteiger partial charge is 0.220 e. The second-order valence-electron chi connectivity index (χ2n) is 6.39. The van der Waals surface area contributed by atoms with Gasteiger partial charge in [0.2, 0.25) is 15.9 Å². The number of hydrogen-bond acceptors (Lipinski definition) is 4. The standard InChI is InChI=1S/C18H28N2O4S/c1-24-14-15-25(22,23)20-12-10-17(11-13-20)19-18(21)9-5-8-16-6-3-2-4-7-16/h2-4,6-7,17H,5,8-15H2,1H3,(H,19,21). The molecule has 1 amide bonds. The number of methoxy groups -OCH3 is 1. The van der Waals surface area contributed by atoms with E-state index in [1.807, 2.05) is 18.2 Å². The highest BCUT2D eigenvalue weighted by Crippen LogP contribution is 2.15. The summed E-state index contributed by atoms with van der Waals surface area (Å²) in [4.78, 5) is 12.1. The number of piperidine rings is 1. The summed E-state index contributed by atoms with van der Waals surface area (Å²) < 4.78 is 30.6. The largest absolute Gasteiger partial charge is 0.384 e. The van der Waals surface area contributed by atoms with Crippen LogP contribution in [0.2, 0.25) is 0 Å². The fraction of sp³-hybridized carbons (Fsp3) is 0.611. The molecule has 0 unspecified atom stereocenters. The number of carbonyl (C=O) groups is 1. The van der Waals surface area contributed by atoms with Gasteiger partial charge in [-0.2, -0.15) is 0 Å². The van der Waals surface area contributed by atoms with Gasteiger partial charge in [-0.1, -0.05) is 30.3 Å². The van der Waals surface area contributed by atoms with Crippen LogP contribution in [0.1, 0.15) is 31.2 Å². The number of aryl methyl sites for hydroxylation is 1. The molecule has 0 aliphatic carbocycles. The Hall–Kier alpha value is -1.44. The Balaban J connectivity index is 1.66. The van der Waals surface area contributed by atoms with Gasteiger partial charge in [0.25, 0.3) is 0 Å². The van der Waals surface area contributed by atoms with E-state index in [2.05, 4.69) is 17.4 Å². The second kappa shape index (κ2) is 9.89. The van der Waals surface area contributed by atoms with Crippen molar-refractivity contribution >= 4 is 15.9 Å². The van der Waals surface area contributed by atoms with Crippen LogP contribution in [0.4, 0.5) is 0 Å². The lowest BCUT2D eigenvalue weighted by Crippen LogP contribution is -2.47. The SMILES string of the molecule is COCCS(=O)(=O)N1CCC(NC(=O)CCCc2ccccc2)CC1. The molecule has 1 aliphatic rings. The van der Waals surface area contributed by atoms with Gasteiger partial charge in [-0.05, 0) is 31.2 Å².